The Kier molecular flexibility index (Phi) is 6.25. The number of rotatable bonds is 6. The lowest BCUT2D eigenvalue weighted by molar-refractivity contribution is -0.383. The van der Waals surface area contributed by atoms with Crippen LogP contribution in [0.4, 0.5) is 11.4 Å². The number of ether oxygens (including phenoxy) is 1. The van der Waals surface area contributed by atoms with Gasteiger partial charge >= 0.3 is 5.97 Å². The second-order valence-corrected chi connectivity index (χ2v) is 5.72. The van der Waals surface area contributed by atoms with E-state index in [9.17, 15) is 19.7 Å². The summed E-state index contributed by atoms with van der Waals surface area (Å²) < 4.78 is 4.70. The van der Waals surface area contributed by atoms with Crippen molar-refractivity contribution in [2.75, 3.05) is 25.5 Å². The maximum Gasteiger partial charge on any atom is 0.307 e. The fourth-order valence-electron chi connectivity index (χ4n) is 2.89. The van der Waals surface area contributed by atoms with Crippen LogP contribution in [-0.4, -0.2) is 47.9 Å². The molecule has 1 saturated heterocycles. The second kappa shape index (κ2) is 8.39. The number of carbonyl (C=O) groups excluding carboxylic acids is 2. The Morgan fingerprint density at radius 2 is 2.12 bits per heavy atom. The highest BCUT2D eigenvalue weighted by molar-refractivity contribution is 5.94. The third-order valence-corrected chi connectivity index (χ3v) is 4.10. The highest BCUT2D eigenvalue weighted by Crippen LogP contribution is 2.24. The van der Waals surface area contributed by atoms with E-state index in [4.69, 9.17) is 4.74 Å². The highest BCUT2D eigenvalue weighted by atomic mass is 16.6. The number of methoxy groups -OCH3 is 1. The van der Waals surface area contributed by atoms with Crippen molar-refractivity contribution in [2.24, 2.45) is 0 Å². The van der Waals surface area contributed by atoms with Crippen LogP contribution in [0.3, 0.4) is 0 Å². The minimum Gasteiger partial charge on any atom is -0.469 e. The van der Waals surface area contributed by atoms with E-state index in [0.29, 0.717) is 6.54 Å². The van der Waals surface area contributed by atoms with E-state index in [-0.39, 0.29) is 42.3 Å². The monoisotopic (exact) mass is 335 g/mol. The van der Waals surface area contributed by atoms with Crippen molar-refractivity contribution in [3.63, 3.8) is 0 Å². The van der Waals surface area contributed by atoms with Gasteiger partial charge in [-0.05, 0) is 25.5 Å². The number of anilines is 1. The normalized spacial score (nSPS) is 18.0. The van der Waals surface area contributed by atoms with Gasteiger partial charge in [0.25, 0.3) is 5.69 Å². The summed E-state index contributed by atoms with van der Waals surface area (Å²) in [4.78, 5) is 36.2. The molecule has 1 heterocycles. The lowest BCUT2D eigenvalue weighted by Crippen LogP contribution is -2.45. The van der Waals surface area contributed by atoms with Gasteiger partial charge in [-0.25, -0.2) is 0 Å². The Balaban J connectivity index is 2.00. The molecule has 0 bridgehead atoms. The van der Waals surface area contributed by atoms with E-state index >= 15 is 0 Å². The van der Waals surface area contributed by atoms with Crippen molar-refractivity contribution < 1.29 is 19.2 Å². The fraction of sp³-hybridized carbons (Fsp3) is 0.500. The molecule has 1 amide bonds. The molecule has 8 nitrogen and oxygen atoms in total. The molecule has 1 fully saturated rings. The van der Waals surface area contributed by atoms with Crippen LogP contribution < -0.4 is 5.32 Å². The standard InChI is InChI=1S/C16H21N3O5/c1-24-16(21)10-12-6-4-5-9-18(12)11-15(20)17-13-7-2-3-8-14(13)19(22)23/h2-3,7-8,12H,4-6,9-11H2,1H3,(H,17,20). The number of carbonyl (C=O) groups is 2. The summed E-state index contributed by atoms with van der Waals surface area (Å²) in [6.07, 6.45) is 3.03. The molecule has 0 radical (unpaired) electrons. The number of nitro benzene ring substituents is 1. The quantitative estimate of drug-likeness (QED) is 0.484. The first-order valence-electron chi connectivity index (χ1n) is 7.85. The number of nitro groups is 1. The van der Waals surface area contributed by atoms with Crippen molar-refractivity contribution in [1.82, 2.24) is 4.90 Å². The van der Waals surface area contributed by atoms with Crippen LogP contribution >= 0.6 is 0 Å². The maximum atomic E-state index is 12.3. The Bertz CT molecular complexity index is 619. The molecule has 24 heavy (non-hydrogen) atoms. The van der Waals surface area contributed by atoms with E-state index in [1.165, 1.54) is 19.2 Å². The number of nitrogens with one attached hydrogen (secondary N) is 1. The molecule has 1 atom stereocenters. The van der Waals surface area contributed by atoms with Gasteiger partial charge < -0.3 is 10.1 Å². The summed E-state index contributed by atoms with van der Waals surface area (Å²) >= 11 is 0. The molecule has 1 unspecified atom stereocenters. The molecule has 1 N–H and O–H groups in total. The van der Waals surface area contributed by atoms with Crippen LogP contribution in [0.25, 0.3) is 0 Å². The zero-order valence-corrected chi connectivity index (χ0v) is 13.6. The van der Waals surface area contributed by atoms with E-state index in [1.54, 1.807) is 12.1 Å². The molecule has 8 heteroatoms. The van der Waals surface area contributed by atoms with Gasteiger partial charge in [0.2, 0.25) is 5.91 Å². The first-order valence-corrected chi connectivity index (χ1v) is 7.85. The van der Waals surface area contributed by atoms with Gasteiger partial charge in [-0.1, -0.05) is 18.6 Å². The maximum absolute atomic E-state index is 12.3. The zero-order chi connectivity index (χ0) is 17.5. The molecule has 0 aromatic heterocycles. The van der Waals surface area contributed by atoms with E-state index in [0.717, 1.165) is 19.3 Å². The third kappa shape index (κ3) is 4.76. The summed E-state index contributed by atoms with van der Waals surface area (Å²) in [7, 11) is 1.34. The number of hydrogen-bond acceptors (Lipinski definition) is 6. The van der Waals surface area contributed by atoms with Gasteiger partial charge in [-0.2, -0.15) is 0 Å². The third-order valence-electron chi connectivity index (χ3n) is 4.10. The zero-order valence-electron chi connectivity index (χ0n) is 13.6. The summed E-state index contributed by atoms with van der Waals surface area (Å²) in [5, 5.41) is 13.6. The Morgan fingerprint density at radius 1 is 1.38 bits per heavy atom. The fourth-order valence-corrected chi connectivity index (χ4v) is 2.89. The average molecular weight is 335 g/mol. The first kappa shape index (κ1) is 17.9. The van der Waals surface area contributed by atoms with Crippen LogP contribution in [0, 0.1) is 10.1 Å². The summed E-state index contributed by atoms with van der Waals surface area (Å²) in [5.41, 5.74) is 0.0321. The minimum absolute atomic E-state index is 0.0392. The predicted octanol–water partition coefficient (Wildman–Crippen LogP) is 1.95. The summed E-state index contributed by atoms with van der Waals surface area (Å²) in [5.74, 6) is -0.632. The van der Waals surface area contributed by atoms with Gasteiger partial charge in [0.05, 0.1) is 25.0 Å². The van der Waals surface area contributed by atoms with Crippen molar-refractivity contribution in [3.8, 4) is 0 Å². The Labute approximate surface area is 139 Å². The van der Waals surface area contributed by atoms with Gasteiger partial charge in [-0.15, -0.1) is 0 Å². The van der Waals surface area contributed by atoms with Gasteiger partial charge in [0, 0.05) is 12.1 Å². The van der Waals surface area contributed by atoms with Gasteiger partial charge in [0.15, 0.2) is 0 Å². The number of esters is 1. The van der Waals surface area contributed by atoms with Crippen LogP contribution in [0.15, 0.2) is 24.3 Å². The molecule has 0 aliphatic carbocycles. The van der Waals surface area contributed by atoms with Crippen LogP contribution in [-0.2, 0) is 14.3 Å². The molecule has 0 saturated carbocycles. The molecule has 0 spiro atoms. The average Bonchev–Trinajstić information content (AvgIpc) is 2.56. The molecule has 130 valence electrons. The molecular weight excluding hydrogens is 314 g/mol. The molecule has 2 rings (SSSR count). The number of benzene rings is 1. The van der Waals surface area contributed by atoms with Crippen LogP contribution in [0.2, 0.25) is 0 Å². The second-order valence-electron chi connectivity index (χ2n) is 5.72. The molecule has 1 aliphatic rings. The van der Waals surface area contributed by atoms with Crippen molar-refractivity contribution in [3.05, 3.63) is 34.4 Å². The highest BCUT2D eigenvalue weighted by Gasteiger charge is 2.27. The smallest absolute Gasteiger partial charge is 0.307 e. The lowest BCUT2D eigenvalue weighted by Gasteiger charge is -2.34. The SMILES string of the molecule is COC(=O)CC1CCCCN1CC(=O)Nc1ccccc1[N+](=O)[O-]. The van der Waals surface area contributed by atoms with Crippen molar-refractivity contribution >= 4 is 23.3 Å². The number of para-hydroxylation sites is 2. The van der Waals surface area contributed by atoms with E-state index in [2.05, 4.69) is 5.32 Å². The number of nitrogens with zero attached hydrogens (tertiary/aromatic N) is 2. The van der Waals surface area contributed by atoms with E-state index in [1.807, 2.05) is 4.90 Å². The molecular formula is C16H21N3O5. The van der Waals surface area contributed by atoms with Gasteiger partial charge in [-0.3, -0.25) is 24.6 Å². The number of piperidine rings is 1. The Morgan fingerprint density at radius 3 is 2.83 bits per heavy atom. The largest absolute Gasteiger partial charge is 0.469 e. The number of amides is 1. The topological polar surface area (TPSA) is 102 Å². The summed E-state index contributed by atoms with van der Waals surface area (Å²) in [6, 6.07) is 5.98. The van der Waals surface area contributed by atoms with Crippen LogP contribution in [0.1, 0.15) is 25.7 Å². The first-order chi connectivity index (χ1) is 11.5. The molecule has 1 aliphatic heterocycles. The van der Waals surface area contributed by atoms with Crippen molar-refractivity contribution in [2.45, 2.75) is 31.7 Å². The minimum atomic E-state index is -0.531. The predicted molar refractivity (Wildman–Crippen MR) is 87.6 cm³/mol. The Hall–Kier alpha value is -2.48. The molecule has 1 aromatic carbocycles. The van der Waals surface area contributed by atoms with E-state index < -0.39 is 4.92 Å². The lowest BCUT2D eigenvalue weighted by atomic mass is 9.99. The molecule has 1 aromatic rings. The number of likely N-dealkylation sites (tertiary alicyclic amines) is 1. The van der Waals surface area contributed by atoms with Crippen LogP contribution in [0.5, 0.6) is 0 Å². The van der Waals surface area contributed by atoms with Gasteiger partial charge in [0.1, 0.15) is 5.69 Å². The number of hydrogen-bond donors (Lipinski definition) is 1. The van der Waals surface area contributed by atoms with Crippen molar-refractivity contribution in [1.29, 1.82) is 0 Å². The summed E-state index contributed by atoms with van der Waals surface area (Å²) in [6.45, 7) is 0.805.